The lowest BCUT2D eigenvalue weighted by atomic mass is 9.74. The Balaban J connectivity index is 1.57. The van der Waals surface area contributed by atoms with Crippen LogP contribution >= 0.6 is 0 Å². The van der Waals surface area contributed by atoms with Crippen molar-refractivity contribution in [3.05, 3.63) is 101 Å². The number of hydrogen-bond donors (Lipinski definition) is 2. The highest BCUT2D eigenvalue weighted by atomic mass is 19.1. The van der Waals surface area contributed by atoms with E-state index < -0.39 is 23.8 Å². The van der Waals surface area contributed by atoms with Crippen LogP contribution in [0.5, 0.6) is 5.75 Å². The van der Waals surface area contributed by atoms with Crippen molar-refractivity contribution in [3.8, 4) is 5.75 Å². The van der Waals surface area contributed by atoms with Crippen LogP contribution < -0.4 is 10.1 Å². The first-order chi connectivity index (χ1) is 17.6. The molecular weight excluding hydrogens is 468 g/mol. The Morgan fingerprint density at radius 3 is 2.22 bits per heavy atom. The fourth-order valence-corrected chi connectivity index (χ4v) is 5.33. The van der Waals surface area contributed by atoms with Gasteiger partial charge in [0.1, 0.15) is 29.6 Å². The number of rotatable bonds is 9. The van der Waals surface area contributed by atoms with Gasteiger partial charge in [0.2, 0.25) is 0 Å². The van der Waals surface area contributed by atoms with Crippen LogP contribution in [-0.2, 0) is 17.4 Å². The predicted octanol–water partition coefficient (Wildman–Crippen LogP) is 7.06. The molecule has 1 saturated carbocycles. The van der Waals surface area contributed by atoms with E-state index in [1.54, 1.807) is 0 Å². The predicted molar refractivity (Wildman–Crippen MR) is 145 cm³/mol. The Morgan fingerprint density at radius 1 is 0.892 bits per heavy atom. The van der Waals surface area contributed by atoms with E-state index in [0.29, 0.717) is 17.9 Å². The molecule has 198 valence electrons. The van der Waals surface area contributed by atoms with E-state index in [2.05, 4.69) is 50.4 Å². The fourth-order valence-electron chi connectivity index (χ4n) is 5.33. The van der Waals surface area contributed by atoms with Crippen LogP contribution in [-0.4, -0.2) is 23.9 Å². The Morgan fingerprint density at radius 2 is 1.57 bits per heavy atom. The lowest BCUT2D eigenvalue weighted by Gasteiger charge is -2.41. The van der Waals surface area contributed by atoms with E-state index in [1.807, 2.05) is 30.3 Å². The number of aliphatic hydroxyl groups excluding tert-OH is 1. The van der Waals surface area contributed by atoms with E-state index in [1.165, 1.54) is 29.7 Å². The van der Waals surface area contributed by atoms with Crippen molar-refractivity contribution < 1.29 is 18.6 Å². The summed E-state index contributed by atoms with van der Waals surface area (Å²) in [6, 6.07) is 21.5. The largest absolute Gasteiger partial charge is 0.487 e. The molecule has 0 amide bonds. The van der Waals surface area contributed by atoms with E-state index in [-0.39, 0.29) is 17.4 Å². The summed E-state index contributed by atoms with van der Waals surface area (Å²) in [6.07, 6.45) is 4.03. The molecule has 0 bridgehead atoms. The zero-order valence-electron chi connectivity index (χ0n) is 22.1. The molecule has 1 fully saturated rings. The molecule has 1 aliphatic rings. The van der Waals surface area contributed by atoms with Crippen LogP contribution in [0.2, 0.25) is 0 Å². The minimum absolute atomic E-state index is 0.0419. The third-order valence-electron chi connectivity index (χ3n) is 7.46. The second-order valence-corrected chi connectivity index (χ2v) is 11.4. The second kappa shape index (κ2) is 11.7. The standard InChI is InChI=1S/C32H39F2NO2/c1-31(2,3)24-11-10-12-25(20-24)32(15-8-5-9-16-32)35-22-29(36)30(37-28-13-6-4-7-14-28)19-23-17-26(33)21-27(34)18-23/h4,6-7,10-14,17-18,20-21,29-30,35-36H,5,8-9,15-16,19,22H2,1-3H3. The molecule has 1 aliphatic carbocycles. The summed E-state index contributed by atoms with van der Waals surface area (Å²) in [7, 11) is 0. The number of para-hydroxylation sites is 1. The van der Waals surface area contributed by atoms with Crippen molar-refractivity contribution in [2.75, 3.05) is 6.54 Å². The van der Waals surface area contributed by atoms with Crippen molar-refractivity contribution in [2.45, 2.75) is 82.5 Å². The van der Waals surface area contributed by atoms with Crippen LogP contribution in [0.3, 0.4) is 0 Å². The smallest absolute Gasteiger partial charge is 0.130 e. The molecule has 0 saturated heterocycles. The Hall–Kier alpha value is -2.76. The van der Waals surface area contributed by atoms with Gasteiger partial charge in [-0.3, -0.25) is 0 Å². The van der Waals surface area contributed by atoms with Gasteiger partial charge in [-0.15, -0.1) is 0 Å². The SMILES string of the molecule is CC(C)(C)c1cccc(C2(NCC(O)C(Cc3cc(F)cc(F)c3)Oc3ccccc3)CCCCC2)c1. The van der Waals surface area contributed by atoms with Gasteiger partial charge in [0.25, 0.3) is 0 Å². The number of nitrogens with one attached hydrogen (secondary N) is 1. The minimum Gasteiger partial charge on any atom is -0.487 e. The third kappa shape index (κ3) is 7.18. The average molecular weight is 508 g/mol. The van der Waals surface area contributed by atoms with Crippen molar-refractivity contribution in [1.29, 1.82) is 0 Å². The number of halogens is 2. The zero-order valence-corrected chi connectivity index (χ0v) is 22.1. The highest BCUT2D eigenvalue weighted by Crippen LogP contribution is 2.38. The maximum absolute atomic E-state index is 13.9. The highest BCUT2D eigenvalue weighted by molar-refractivity contribution is 5.34. The lowest BCUT2D eigenvalue weighted by molar-refractivity contribution is 0.0283. The summed E-state index contributed by atoms with van der Waals surface area (Å²) in [5.74, 6) is -0.671. The van der Waals surface area contributed by atoms with Gasteiger partial charge < -0.3 is 15.2 Å². The maximum atomic E-state index is 13.9. The minimum atomic E-state index is -0.892. The summed E-state index contributed by atoms with van der Waals surface area (Å²) < 4.78 is 34.0. The van der Waals surface area contributed by atoms with Gasteiger partial charge in [-0.25, -0.2) is 8.78 Å². The van der Waals surface area contributed by atoms with Gasteiger partial charge in [-0.1, -0.05) is 82.5 Å². The van der Waals surface area contributed by atoms with Gasteiger partial charge >= 0.3 is 0 Å². The van der Waals surface area contributed by atoms with Crippen LogP contribution in [0.1, 0.15) is 69.6 Å². The molecule has 3 nitrogen and oxygen atoms in total. The van der Waals surface area contributed by atoms with Crippen molar-refractivity contribution >= 4 is 0 Å². The Bertz CT molecular complexity index is 1130. The van der Waals surface area contributed by atoms with Gasteiger partial charge in [0.05, 0.1) is 0 Å². The second-order valence-electron chi connectivity index (χ2n) is 11.4. The first-order valence-electron chi connectivity index (χ1n) is 13.4. The summed E-state index contributed by atoms with van der Waals surface area (Å²) in [4.78, 5) is 0. The molecule has 0 spiro atoms. The molecule has 37 heavy (non-hydrogen) atoms. The van der Waals surface area contributed by atoms with Crippen LogP contribution in [0, 0.1) is 11.6 Å². The Labute approximate surface area is 219 Å². The van der Waals surface area contributed by atoms with Crippen molar-refractivity contribution in [3.63, 3.8) is 0 Å². The molecule has 3 aromatic carbocycles. The molecule has 2 atom stereocenters. The number of ether oxygens (including phenoxy) is 1. The van der Waals surface area contributed by atoms with E-state index >= 15 is 0 Å². The fraction of sp³-hybridized carbons (Fsp3) is 0.438. The molecule has 0 aromatic heterocycles. The van der Waals surface area contributed by atoms with E-state index in [4.69, 9.17) is 4.74 Å². The molecule has 5 heteroatoms. The topological polar surface area (TPSA) is 41.5 Å². The quantitative estimate of drug-likeness (QED) is 0.326. The third-order valence-corrected chi connectivity index (χ3v) is 7.46. The van der Waals surface area contributed by atoms with E-state index in [9.17, 15) is 13.9 Å². The molecule has 3 aromatic rings. The number of benzene rings is 3. The summed E-state index contributed by atoms with van der Waals surface area (Å²) in [5.41, 5.74) is 2.79. The average Bonchev–Trinajstić information content (AvgIpc) is 2.87. The van der Waals surface area contributed by atoms with Gasteiger partial charge in [-0.05, 0) is 59.2 Å². The first-order valence-corrected chi connectivity index (χ1v) is 13.4. The van der Waals surface area contributed by atoms with Gasteiger partial charge in [0.15, 0.2) is 0 Å². The summed E-state index contributed by atoms with van der Waals surface area (Å²) in [5, 5.41) is 15.1. The van der Waals surface area contributed by atoms with E-state index in [0.717, 1.165) is 31.7 Å². The molecule has 0 radical (unpaired) electrons. The van der Waals surface area contributed by atoms with Crippen molar-refractivity contribution in [1.82, 2.24) is 5.32 Å². The molecule has 2 N–H and O–H groups in total. The molecular formula is C32H39F2NO2. The molecule has 0 aliphatic heterocycles. The van der Waals surface area contributed by atoms with Crippen LogP contribution in [0.25, 0.3) is 0 Å². The number of hydrogen-bond acceptors (Lipinski definition) is 3. The Kier molecular flexibility index (Phi) is 8.66. The molecule has 4 rings (SSSR count). The lowest BCUT2D eigenvalue weighted by Crippen LogP contribution is -2.50. The zero-order chi connectivity index (χ0) is 26.5. The normalized spacial score (nSPS) is 17.2. The summed E-state index contributed by atoms with van der Waals surface area (Å²) in [6.45, 7) is 6.96. The van der Waals surface area contributed by atoms with Crippen molar-refractivity contribution in [2.24, 2.45) is 0 Å². The van der Waals surface area contributed by atoms with Crippen LogP contribution in [0.15, 0.2) is 72.8 Å². The molecule has 0 heterocycles. The number of aliphatic hydroxyl groups is 1. The molecule has 2 unspecified atom stereocenters. The summed E-state index contributed by atoms with van der Waals surface area (Å²) >= 11 is 0. The van der Waals surface area contributed by atoms with Crippen LogP contribution in [0.4, 0.5) is 8.78 Å². The highest BCUT2D eigenvalue weighted by Gasteiger charge is 2.35. The monoisotopic (exact) mass is 507 g/mol. The van der Waals surface area contributed by atoms with Gasteiger partial charge in [0, 0.05) is 24.6 Å². The first kappa shape index (κ1) is 27.3. The van der Waals surface area contributed by atoms with Gasteiger partial charge in [-0.2, -0.15) is 0 Å². The maximum Gasteiger partial charge on any atom is 0.130 e.